The lowest BCUT2D eigenvalue weighted by molar-refractivity contribution is 0.155. The molecule has 6 heteroatoms. The van der Waals surface area contributed by atoms with Gasteiger partial charge in [0.25, 0.3) is 12.4 Å². The van der Waals surface area contributed by atoms with Gasteiger partial charge in [0.1, 0.15) is 5.52 Å². The maximum absolute atomic E-state index is 12.2. The van der Waals surface area contributed by atoms with Crippen molar-refractivity contribution in [1.82, 2.24) is 4.98 Å². The summed E-state index contributed by atoms with van der Waals surface area (Å²) in [4.78, 5) is 5.32. The first-order chi connectivity index (χ1) is 7.58. The summed E-state index contributed by atoms with van der Waals surface area (Å²) < 4.78 is 29.7. The third kappa shape index (κ3) is 1.91. The fourth-order valence-corrected chi connectivity index (χ4v) is 1.41. The SMILES string of the molecule is CN(CC(F)F)c1nc2c(N)cccc2o1. The quantitative estimate of drug-likeness (QED) is 0.816. The summed E-state index contributed by atoms with van der Waals surface area (Å²) in [6, 6.07) is 5.24. The van der Waals surface area contributed by atoms with E-state index < -0.39 is 13.0 Å². The summed E-state index contributed by atoms with van der Waals surface area (Å²) in [7, 11) is 1.49. The molecule has 4 nitrogen and oxygen atoms in total. The highest BCUT2D eigenvalue weighted by Crippen LogP contribution is 2.25. The maximum Gasteiger partial charge on any atom is 0.298 e. The molecule has 16 heavy (non-hydrogen) atoms. The minimum absolute atomic E-state index is 0.146. The van der Waals surface area contributed by atoms with Crippen molar-refractivity contribution in [3.8, 4) is 0 Å². The van der Waals surface area contributed by atoms with E-state index in [4.69, 9.17) is 10.2 Å². The molecule has 0 aliphatic heterocycles. The Hall–Kier alpha value is -1.85. The fraction of sp³-hybridized carbons (Fsp3) is 0.300. The van der Waals surface area contributed by atoms with E-state index in [-0.39, 0.29) is 6.01 Å². The number of benzene rings is 1. The predicted octanol–water partition coefficient (Wildman–Crippen LogP) is 2.11. The number of nitrogen functional groups attached to an aromatic ring is 1. The number of halogens is 2. The summed E-state index contributed by atoms with van der Waals surface area (Å²) in [6.45, 7) is -0.424. The standard InChI is InChI=1S/C10H11F2N3O/c1-15(5-8(11)12)10-14-9-6(13)3-2-4-7(9)16-10/h2-4,8H,5,13H2,1H3. The van der Waals surface area contributed by atoms with Gasteiger partial charge in [-0.05, 0) is 12.1 Å². The van der Waals surface area contributed by atoms with Crippen molar-refractivity contribution in [2.45, 2.75) is 6.43 Å². The largest absolute Gasteiger partial charge is 0.423 e. The Labute approximate surface area is 90.7 Å². The van der Waals surface area contributed by atoms with Gasteiger partial charge in [-0.15, -0.1) is 0 Å². The number of alkyl halides is 2. The van der Waals surface area contributed by atoms with E-state index in [0.29, 0.717) is 16.8 Å². The van der Waals surface area contributed by atoms with Crippen molar-refractivity contribution in [3.05, 3.63) is 18.2 Å². The molecule has 1 heterocycles. The van der Waals surface area contributed by atoms with E-state index in [1.165, 1.54) is 11.9 Å². The molecule has 2 rings (SSSR count). The molecule has 2 aromatic rings. The minimum atomic E-state index is -2.43. The normalized spacial score (nSPS) is 11.2. The maximum atomic E-state index is 12.2. The zero-order valence-electron chi connectivity index (χ0n) is 8.65. The summed E-state index contributed by atoms with van der Waals surface area (Å²) in [5.74, 6) is 0. The number of anilines is 2. The van der Waals surface area contributed by atoms with E-state index >= 15 is 0 Å². The van der Waals surface area contributed by atoms with Gasteiger partial charge in [0.15, 0.2) is 5.58 Å². The van der Waals surface area contributed by atoms with Gasteiger partial charge in [-0.3, -0.25) is 0 Å². The van der Waals surface area contributed by atoms with Crippen molar-refractivity contribution in [2.24, 2.45) is 0 Å². The summed E-state index contributed by atoms with van der Waals surface area (Å²) in [5.41, 5.74) is 7.15. The number of nitrogens with zero attached hydrogens (tertiary/aromatic N) is 2. The topological polar surface area (TPSA) is 55.3 Å². The first-order valence-corrected chi connectivity index (χ1v) is 4.72. The summed E-state index contributed by atoms with van der Waals surface area (Å²) >= 11 is 0. The Bertz CT molecular complexity index is 498. The molecule has 0 spiro atoms. The van der Waals surface area contributed by atoms with E-state index in [1.807, 2.05) is 0 Å². The molecule has 2 N–H and O–H groups in total. The first-order valence-electron chi connectivity index (χ1n) is 4.72. The molecule has 1 aromatic carbocycles. The van der Waals surface area contributed by atoms with E-state index in [2.05, 4.69) is 4.98 Å². The second kappa shape index (κ2) is 3.96. The van der Waals surface area contributed by atoms with Gasteiger partial charge in [0.2, 0.25) is 0 Å². The van der Waals surface area contributed by atoms with Gasteiger partial charge in [0.05, 0.1) is 12.2 Å². The number of nitrogens with two attached hydrogens (primary N) is 1. The zero-order chi connectivity index (χ0) is 11.7. The number of hydrogen-bond donors (Lipinski definition) is 1. The van der Waals surface area contributed by atoms with E-state index in [9.17, 15) is 8.78 Å². The lowest BCUT2D eigenvalue weighted by Crippen LogP contribution is -2.24. The van der Waals surface area contributed by atoms with Crippen molar-refractivity contribution >= 4 is 22.8 Å². The Morgan fingerprint density at radius 1 is 1.50 bits per heavy atom. The van der Waals surface area contributed by atoms with Crippen LogP contribution in [0.1, 0.15) is 0 Å². The van der Waals surface area contributed by atoms with Gasteiger partial charge < -0.3 is 15.1 Å². The van der Waals surface area contributed by atoms with Crippen LogP contribution in [0.4, 0.5) is 20.5 Å². The number of fused-ring (bicyclic) bond motifs is 1. The van der Waals surface area contributed by atoms with Crippen LogP contribution in [0.15, 0.2) is 22.6 Å². The van der Waals surface area contributed by atoms with Crippen LogP contribution in [0.25, 0.3) is 11.1 Å². The smallest absolute Gasteiger partial charge is 0.298 e. The van der Waals surface area contributed by atoms with Crippen LogP contribution >= 0.6 is 0 Å². The molecule has 0 saturated heterocycles. The average Bonchev–Trinajstić information content (AvgIpc) is 2.61. The molecule has 0 unspecified atom stereocenters. The summed E-state index contributed by atoms with van der Waals surface area (Å²) in [5, 5.41) is 0. The second-order valence-electron chi connectivity index (χ2n) is 3.46. The molecule has 86 valence electrons. The Kier molecular flexibility index (Phi) is 2.64. The Morgan fingerprint density at radius 3 is 2.88 bits per heavy atom. The molecule has 0 aliphatic carbocycles. The molecule has 0 aliphatic rings. The highest BCUT2D eigenvalue weighted by molar-refractivity contribution is 5.86. The molecule has 0 bridgehead atoms. The number of hydrogen-bond acceptors (Lipinski definition) is 4. The van der Waals surface area contributed by atoms with E-state index in [0.717, 1.165) is 0 Å². The Morgan fingerprint density at radius 2 is 2.25 bits per heavy atom. The molecule has 0 fully saturated rings. The van der Waals surface area contributed by atoms with Crippen LogP contribution in [0, 0.1) is 0 Å². The van der Waals surface area contributed by atoms with Crippen LogP contribution in [-0.4, -0.2) is 25.0 Å². The van der Waals surface area contributed by atoms with Crippen molar-refractivity contribution in [2.75, 3.05) is 24.2 Å². The molecule has 0 radical (unpaired) electrons. The number of rotatable bonds is 3. The average molecular weight is 227 g/mol. The van der Waals surface area contributed by atoms with Crippen LogP contribution in [-0.2, 0) is 0 Å². The predicted molar refractivity (Wildman–Crippen MR) is 57.7 cm³/mol. The highest BCUT2D eigenvalue weighted by atomic mass is 19.3. The fourth-order valence-electron chi connectivity index (χ4n) is 1.41. The van der Waals surface area contributed by atoms with Gasteiger partial charge in [-0.25, -0.2) is 8.78 Å². The third-order valence-corrected chi connectivity index (χ3v) is 2.18. The lowest BCUT2D eigenvalue weighted by Gasteiger charge is -2.12. The monoisotopic (exact) mass is 227 g/mol. The first kappa shape index (κ1) is 10.7. The minimum Gasteiger partial charge on any atom is -0.423 e. The van der Waals surface area contributed by atoms with Crippen LogP contribution in [0.2, 0.25) is 0 Å². The van der Waals surface area contributed by atoms with Crippen molar-refractivity contribution < 1.29 is 13.2 Å². The molecule has 0 saturated carbocycles. The molecular formula is C10H11F2N3O. The number of para-hydroxylation sites is 1. The number of oxazole rings is 1. The molecule has 1 aromatic heterocycles. The Balaban J connectivity index is 2.36. The van der Waals surface area contributed by atoms with Gasteiger partial charge in [-0.1, -0.05) is 6.07 Å². The van der Waals surface area contributed by atoms with Gasteiger partial charge in [-0.2, -0.15) is 4.98 Å². The molecule has 0 atom stereocenters. The van der Waals surface area contributed by atoms with Crippen LogP contribution in [0.3, 0.4) is 0 Å². The van der Waals surface area contributed by atoms with Gasteiger partial charge >= 0.3 is 0 Å². The van der Waals surface area contributed by atoms with Crippen molar-refractivity contribution in [3.63, 3.8) is 0 Å². The van der Waals surface area contributed by atoms with E-state index in [1.54, 1.807) is 18.2 Å². The third-order valence-electron chi connectivity index (χ3n) is 2.18. The van der Waals surface area contributed by atoms with Crippen LogP contribution in [0.5, 0.6) is 0 Å². The molecular weight excluding hydrogens is 216 g/mol. The van der Waals surface area contributed by atoms with Crippen molar-refractivity contribution in [1.29, 1.82) is 0 Å². The van der Waals surface area contributed by atoms with Gasteiger partial charge in [0, 0.05) is 7.05 Å². The summed E-state index contributed by atoms with van der Waals surface area (Å²) in [6.07, 6.45) is -2.43. The lowest BCUT2D eigenvalue weighted by atomic mass is 10.3. The number of aromatic nitrogens is 1. The van der Waals surface area contributed by atoms with Crippen LogP contribution < -0.4 is 10.6 Å². The highest BCUT2D eigenvalue weighted by Gasteiger charge is 2.15. The molecule has 0 amide bonds. The zero-order valence-corrected chi connectivity index (χ0v) is 8.65. The second-order valence-corrected chi connectivity index (χ2v) is 3.46.